The Morgan fingerprint density at radius 3 is 2.65 bits per heavy atom. The fourth-order valence-corrected chi connectivity index (χ4v) is 1.93. The lowest BCUT2D eigenvalue weighted by atomic mass is 10.1. The van der Waals surface area contributed by atoms with Crippen LogP contribution in [0.25, 0.3) is 17.0 Å². The molecule has 0 aliphatic rings. The molecule has 3 nitrogen and oxygen atoms in total. The average molecular weight is 268 g/mol. The van der Waals surface area contributed by atoms with E-state index in [1.54, 1.807) is 6.08 Å². The zero-order chi connectivity index (χ0) is 14.8. The van der Waals surface area contributed by atoms with Crippen LogP contribution in [0.2, 0.25) is 0 Å². The van der Waals surface area contributed by atoms with Crippen LogP contribution in [0.3, 0.4) is 0 Å². The fraction of sp³-hybridized carbons (Fsp3) is 0.294. The van der Waals surface area contributed by atoms with Crippen LogP contribution in [0.4, 0.5) is 0 Å². The van der Waals surface area contributed by atoms with Crippen LogP contribution in [0.1, 0.15) is 32.0 Å². The van der Waals surface area contributed by atoms with E-state index < -0.39 is 0 Å². The van der Waals surface area contributed by atoms with E-state index in [4.69, 9.17) is 0 Å². The zero-order valence-electron chi connectivity index (χ0n) is 12.4. The molecule has 0 spiro atoms. The van der Waals surface area contributed by atoms with Gasteiger partial charge in [0.15, 0.2) is 0 Å². The molecule has 1 aromatic carbocycles. The molecule has 1 amide bonds. The number of aromatic nitrogens is 1. The number of fused-ring (bicyclic) bond motifs is 1. The molecule has 0 saturated heterocycles. The van der Waals surface area contributed by atoms with Crippen molar-refractivity contribution in [1.29, 1.82) is 0 Å². The number of nitrogens with one attached hydrogen (secondary N) is 1. The Balaban J connectivity index is 2.18. The third-order valence-corrected chi connectivity index (χ3v) is 2.77. The smallest absolute Gasteiger partial charge is 0.244 e. The summed E-state index contributed by atoms with van der Waals surface area (Å²) in [4.78, 5) is 16.2. The molecule has 2 aromatic rings. The third-order valence-electron chi connectivity index (χ3n) is 2.77. The molecular formula is C17H20N2O. The fourth-order valence-electron chi connectivity index (χ4n) is 1.93. The maximum Gasteiger partial charge on any atom is 0.244 e. The standard InChI is InChI=1S/C17H20N2O/c1-12-5-9-15-13(11-12)6-7-14(18-15)8-10-16(20)19-17(2,3)4/h5-11H,1-4H3,(H,19,20)/b10-8+. The van der Waals surface area contributed by atoms with Gasteiger partial charge in [0.05, 0.1) is 11.2 Å². The molecule has 0 bridgehead atoms. The number of carbonyl (C=O) groups excluding carboxylic acids is 1. The molecule has 20 heavy (non-hydrogen) atoms. The predicted molar refractivity (Wildman–Crippen MR) is 83.4 cm³/mol. The number of aryl methyl sites for hydroxylation is 1. The van der Waals surface area contributed by atoms with E-state index in [1.165, 1.54) is 11.6 Å². The molecule has 1 heterocycles. The number of rotatable bonds is 2. The normalized spacial score (nSPS) is 12.0. The summed E-state index contributed by atoms with van der Waals surface area (Å²) in [6.45, 7) is 7.92. The Hall–Kier alpha value is -2.16. The van der Waals surface area contributed by atoms with Crippen molar-refractivity contribution >= 4 is 22.9 Å². The van der Waals surface area contributed by atoms with Crippen molar-refractivity contribution in [2.75, 3.05) is 0 Å². The Labute approximate surface area is 119 Å². The van der Waals surface area contributed by atoms with Gasteiger partial charge in [0.25, 0.3) is 0 Å². The number of nitrogens with zero attached hydrogens (tertiary/aromatic N) is 1. The number of hydrogen-bond acceptors (Lipinski definition) is 2. The molecule has 0 unspecified atom stereocenters. The van der Waals surface area contributed by atoms with Crippen molar-refractivity contribution in [3.8, 4) is 0 Å². The number of carbonyl (C=O) groups is 1. The van der Waals surface area contributed by atoms with Gasteiger partial charge in [0.2, 0.25) is 5.91 Å². The summed E-state index contributed by atoms with van der Waals surface area (Å²) >= 11 is 0. The summed E-state index contributed by atoms with van der Waals surface area (Å²) < 4.78 is 0. The maximum absolute atomic E-state index is 11.7. The van der Waals surface area contributed by atoms with Crippen molar-refractivity contribution in [1.82, 2.24) is 10.3 Å². The van der Waals surface area contributed by atoms with Crippen molar-refractivity contribution in [3.05, 3.63) is 47.7 Å². The van der Waals surface area contributed by atoms with Gasteiger partial charge in [-0.3, -0.25) is 4.79 Å². The van der Waals surface area contributed by atoms with Gasteiger partial charge in [-0.15, -0.1) is 0 Å². The SMILES string of the molecule is Cc1ccc2nc(/C=C/C(=O)NC(C)(C)C)ccc2c1. The van der Waals surface area contributed by atoms with Crippen molar-refractivity contribution < 1.29 is 4.79 Å². The quantitative estimate of drug-likeness (QED) is 0.847. The predicted octanol–water partition coefficient (Wildman–Crippen LogP) is 3.47. The van der Waals surface area contributed by atoms with Gasteiger partial charge >= 0.3 is 0 Å². The first-order chi connectivity index (χ1) is 9.33. The molecule has 0 radical (unpaired) electrons. The van der Waals surface area contributed by atoms with Gasteiger partial charge < -0.3 is 5.32 Å². The van der Waals surface area contributed by atoms with E-state index in [0.29, 0.717) is 0 Å². The van der Waals surface area contributed by atoms with Gasteiger partial charge in [-0.25, -0.2) is 4.98 Å². The molecule has 0 fully saturated rings. The largest absolute Gasteiger partial charge is 0.348 e. The lowest BCUT2D eigenvalue weighted by Crippen LogP contribution is -2.39. The second kappa shape index (κ2) is 5.45. The van der Waals surface area contributed by atoms with Crippen LogP contribution in [-0.4, -0.2) is 16.4 Å². The number of pyridine rings is 1. The van der Waals surface area contributed by atoms with E-state index in [2.05, 4.69) is 23.3 Å². The van der Waals surface area contributed by atoms with Crippen LogP contribution in [0.15, 0.2) is 36.4 Å². The van der Waals surface area contributed by atoms with Crippen molar-refractivity contribution in [2.24, 2.45) is 0 Å². The van der Waals surface area contributed by atoms with E-state index in [9.17, 15) is 4.79 Å². The Morgan fingerprint density at radius 1 is 1.20 bits per heavy atom. The Bertz CT molecular complexity index is 666. The lowest BCUT2D eigenvalue weighted by molar-refractivity contribution is -0.117. The second-order valence-electron chi connectivity index (χ2n) is 6.00. The van der Waals surface area contributed by atoms with Crippen molar-refractivity contribution in [3.63, 3.8) is 0 Å². The minimum atomic E-state index is -0.226. The molecule has 0 saturated carbocycles. The van der Waals surface area contributed by atoms with Crippen LogP contribution in [-0.2, 0) is 4.79 Å². The average Bonchev–Trinajstić information content (AvgIpc) is 2.34. The zero-order valence-corrected chi connectivity index (χ0v) is 12.4. The molecule has 104 valence electrons. The van der Waals surface area contributed by atoms with Gasteiger partial charge in [-0.2, -0.15) is 0 Å². The molecule has 1 N–H and O–H groups in total. The van der Waals surface area contributed by atoms with Gasteiger partial charge in [-0.05, 0) is 52.0 Å². The summed E-state index contributed by atoms with van der Waals surface area (Å²) in [5.74, 6) is -0.108. The summed E-state index contributed by atoms with van der Waals surface area (Å²) in [7, 11) is 0. The minimum absolute atomic E-state index is 0.108. The second-order valence-corrected chi connectivity index (χ2v) is 6.00. The van der Waals surface area contributed by atoms with Crippen LogP contribution < -0.4 is 5.32 Å². The summed E-state index contributed by atoms with van der Waals surface area (Å²) in [6, 6.07) is 10.1. The first kappa shape index (κ1) is 14.3. The van der Waals surface area contributed by atoms with Crippen LogP contribution >= 0.6 is 0 Å². The highest BCUT2D eigenvalue weighted by molar-refractivity contribution is 5.92. The van der Waals surface area contributed by atoms with Gasteiger partial charge in [0.1, 0.15) is 0 Å². The van der Waals surface area contributed by atoms with Gasteiger partial charge in [-0.1, -0.05) is 17.7 Å². The highest BCUT2D eigenvalue weighted by Crippen LogP contribution is 2.15. The maximum atomic E-state index is 11.7. The molecule has 1 aromatic heterocycles. The molecule has 0 aliphatic heterocycles. The molecule has 2 rings (SSSR count). The lowest BCUT2D eigenvalue weighted by Gasteiger charge is -2.18. The summed E-state index contributed by atoms with van der Waals surface area (Å²) in [5.41, 5.74) is 2.71. The number of hydrogen-bond donors (Lipinski definition) is 1. The number of amides is 1. The molecule has 3 heteroatoms. The first-order valence-corrected chi connectivity index (χ1v) is 6.71. The topological polar surface area (TPSA) is 42.0 Å². The Kier molecular flexibility index (Phi) is 3.89. The first-order valence-electron chi connectivity index (χ1n) is 6.71. The molecule has 0 aliphatic carbocycles. The van der Waals surface area contributed by atoms with E-state index in [1.807, 2.05) is 45.0 Å². The highest BCUT2D eigenvalue weighted by Gasteiger charge is 2.11. The van der Waals surface area contributed by atoms with E-state index in [-0.39, 0.29) is 11.4 Å². The highest BCUT2D eigenvalue weighted by atomic mass is 16.1. The van der Waals surface area contributed by atoms with Crippen LogP contribution in [0, 0.1) is 6.92 Å². The Morgan fingerprint density at radius 2 is 1.95 bits per heavy atom. The van der Waals surface area contributed by atoms with Gasteiger partial charge in [0, 0.05) is 17.0 Å². The summed E-state index contributed by atoms with van der Waals surface area (Å²) in [6.07, 6.45) is 3.26. The number of benzene rings is 1. The monoisotopic (exact) mass is 268 g/mol. The molecule has 0 atom stereocenters. The van der Waals surface area contributed by atoms with E-state index in [0.717, 1.165) is 16.6 Å². The van der Waals surface area contributed by atoms with E-state index >= 15 is 0 Å². The molecular weight excluding hydrogens is 248 g/mol. The third kappa shape index (κ3) is 3.92. The minimum Gasteiger partial charge on any atom is -0.348 e. The van der Waals surface area contributed by atoms with Crippen molar-refractivity contribution in [2.45, 2.75) is 33.2 Å². The van der Waals surface area contributed by atoms with Crippen LogP contribution in [0.5, 0.6) is 0 Å². The summed E-state index contributed by atoms with van der Waals surface area (Å²) in [5, 5.41) is 3.99.